The number of aromatic nitrogens is 3. The summed E-state index contributed by atoms with van der Waals surface area (Å²) < 4.78 is 8.08. The Kier molecular flexibility index (Phi) is 6.95. The highest BCUT2D eigenvalue weighted by Crippen LogP contribution is 2.36. The van der Waals surface area contributed by atoms with E-state index in [0.717, 1.165) is 56.4 Å². The van der Waals surface area contributed by atoms with E-state index in [9.17, 15) is 4.79 Å². The summed E-state index contributed by atoms with van der Waals surface area (Å²) in [5.74, 6) is 1.39. The Hall–Kier alpha value is -2.35. The van der Waals surface area contributed by atoms with Crippen LogP contribution in [0.1, 0.15) is 64.8 Å². The molecule has 0 spiro atoms. The largest absolute Gasteiger partial charge is 0.476 e. The average Bonchev–Trinajstić information content (AvgIpc) is 3.09. The molecule has 2 aliphatic rings. The SMILES string of the molecule is CC(C)NC(=O)C1CCC(n2c(N)nc3cnc(OCCN4CCCCC4)cc32)CC1. The molecule has 2 aromatic heterocycles. The van der Waals surface area contributed by atoms with Crippen molar-refractivity contribution in [2.75, 3.05) is 32.0 Å². The highest BCUT2D eigenvalue weighted by Gasteiger charge is 2.29. The second kappa shape index (κ2) is 9.85. The third-order valence-electron chi connectivity index (χ3n) is 6.55. The number of nitrogens with one attached hydrogen (secondary N) is 1. The van der Waals surface area contributed by atoms with Crippen molar-refractivity contribution in [3.05, 3.63) is 12.3 Å². The maximum atomic E-state index is 12.4. The van der Waals surface area contributed by atoms with Crippen molar-refractivity contribution >= 4 is 22.9 Å². The Morgan fingerprint density at radius 1 is 1.23 bits per heavy atom. The zero-order valence-electron chi connectivity index (χ0n) is 18.8. The number of likely N-dealkylation sites (tertiary alicyclic amines) is 1. The van der Waals surface area contributed by atoms with E-state index < -0.39 is 0 Å². The Morgan fingerprint density at radius 2 is 1.97 bits per heavy atom. The average molecular weight is 429 g/mol. The summed E-state index contributed by atoms with van der Waals surface area (Å²) in [7, 11) is 0. The van der Waals surface area contributed by atoms with Crippen molar-refractivity contribution in [3.8, 4) is 5.88 Å². The van der Waals surface area contributed by atoms with Crippen LogP contribution >= 0.6 is 0 Å². The Labute approximate surface area is 184 Å². The van der Waals surface area contributed by atoms with Crippen LogP contribution in [0.3, 0.4) is 0 Å². The number of nitrogen functional groups attached to an aromatic ring is 1. The number of fused-ring (bicyclic) bond motifs is 1. The van der Waals surface area contributed by atoms with Crippen molar-refractivity contribution in [1.82, 2.24) is 24.8 Å². The molecule has 0 unspecified atom stereocenters. The molecular weight excluding hydrogens is 392 g/mol. The topological polar surface area (TPSA) is 98.3 Å². The predicted octanol–water partition coefficient (Wildman–Crippen LogP) is 3.13. The van der Waals surface area contributed by atoms with Gasteiger partial charge in [-0.15, -0.1) is 0 Å². The number of anilines is 1. The summed E-state index contributed by atoms with van der Waals surface area (Å²) in [4.78, 5) is 23.8. The minimum Gasteiger partial charge on any atom is -0.476 e. The Bertz CT molecular complexity index is 882. The zero-order chi connectivity index (χ0) is 21.8. The first-order chi connectivity index (χ1) is 15.0. The molecule has 1 aliphatic heterocycles. The van der Waals surface area contributed by atoms with E-state index in [1.165, 1.54) is 19.3 Å². The van der Waals surface area contributed by atoms with Crippen molar-refractivity contribution in [2.24, 2.45) is 5.92 Å². The van der Waals surface area contributed by atoms with E-state index in [0.29, 0.717) is 18.4 Å². The molecule has 3 N–H and O–H groups in total. The zero-order valence-corrected chi connectivity index (χ0v) is 18.8. The molecule has 31 heavy (non-hydrogen) atoms. The van der Waals surface area contributed by atoms with Gasteiger partial charge in [0.15, 0.2) is 0 Å². The third-order valence-corrected chi connectivity index (χ3v) is 6.55. The summed E-state index contributed by atoms with van der Waals surface area (Å²) in [6, 6.07) is 2.39. The van der Waals surface area contributed by atoms with Gasteiger partial charge >= 0.3 is 0 Å². The van der Waals surface area contributed by atoms with E-state index in [2.05, 4.69) is 24.8 Å². The summed E-state index contributed by atoms with van der Waals surface area (Å²) >= 11 is 0. The number of rotatable bonds is 7. The molecular formula is C23H36N6O2. The molecule has 8 heteroatoms. The molecule has 3 heterocycles. The molecule has 4 rings (SSSR count). The number of nitrogens with zero attached hydrogens (tertiary/aromatic N) is 4. The van der Waals surface area contributed by atoms with Crippen LogP contribution < -0.4 is 15.8 Å². The fourth-order valence-electron chi connectivity index (χ4n) is 4.92. The number of imidazole rings is 1. The molecule has 0 atom stereocenters. The Morgan fingerprint density at radius 3 is 2.68 bits per heavy atom. The van der Waals surface area contributed by atoms with Crippen LogP contribution in [0.25, 0.3) is 11.0 Å². The molecule has 0 radical (unpaired) electrons. The van der Waals surface area contributed by atoms with E-state index in [-0.39, 0.29) is 23.9 Å². The lowest BCUT2D eigenvalue weighted by Crippen LogP contribution is -2.37. The fraction of sp³-hybridized carbons (Fsp3) is 0.696. The number of hydrogen-bond donors (Lipinski definition) is 2. The Balaban J connectivity index is 1.40. The van der Waals surface area contributed by atoms with Gasteiger partial charge in [0, 0.05) is 30.6 Å². The maximum absolute atomic E-state index is 12.4. The van der Waals surface area contributed by atoms with Crippen LogP contribution in [0.5, 0.6) is 5.88 Å². The first kappa shape index (κ1) is 21.9. The number of amides is 1. The van der Waals surface area contributed by atoms with Gasteiger partial charge in [-0.3, -0.25) is 9.69 Å². The molecule has 8 nitrogen and oxygen atoms in total. The molecule has 0 aromatic carbocycles. The number of carbonyl (C=O) groups is 1. The molecule has 170 valence electrons. The third kappa shape index (κ3) is 5.29. The standard InChI is InChI=1S/C23H36N6O2/c1-16(2)26-22(30)17-6-8-18(9-7-17)29-20-14-21(25-15-19(20)27-23(29)24)31-13-12-28-10-4-3-5-11-28/h14-18H,3-13H2,1-2H3,(H2,24,27)(H,26,30). The van der Waals surface area contributed by atoms with E-state index in [4.69, 9.17) is 10.5 Å². The number of carbonyl (C=O) groups excluding carboxylic acids is 1. The lowest BCUT2D eigenvalue weighted by molar-refractivity contribution is -0.126. The molecule has 2 aromatic rings. The second-order valence-corrected chi connectivity index (χ2v) is 9.27. The second-order valence-electron chi connectivity index (χ2n) is 9.27. The van der Waals surface area contributed by atoms with Gasteiger partial charge in [0.2, 0.25) is 17.7 Å². The monoisotopic (exact) mass is 428 g/mol. The minimum atomic E-state index is 0.0880. The van der Waals surface area contributed by atoms with Crippen LogP contribution in [0, 0.1) is 5.92 Å². The van der Waals surface area contributed by atoms with Gasteiger partial charge in [-0.2, -0.15) is 0 Å². The van der Waals surface area contributed by atoms with Crippen molar-refractivity contribution < 1.29 is 9.53 Å². The van der Waals surface area contributed by atoms with E-state index in [1.807, 2.05) is 19.9 Å². The normalized spacial score (nSPS) is 22.7. The van der Waals surface area contributed by atoms with Gasteiger partial charge in [-0.25, -0.2) is 9.97 Å². The molecule has 1 amide bonds. The first-order valence-electron chi connectivity index (χ1n) is 11.8. The first-order valence-corrected chi connectivity index (χ1v) is 11.8. The predicted molar refractivity (Wildman–Crippen MR) is 122 cm³/mol. The van der Waals surface area contributed by atoms with Crippen LogP contribution in [-0.2, 0) is 4.79 Å². The number of ether oxygens (including phenoxy) is 1. The summed E-state index contributed by atoms with van der Waals surface area (Å²) in [5, 5.41) is 3.04. The van der Waals surface area contributed by atoms with Crippen molar-refractivity contribution in [3.63, 3.8) is 0 Å². The molecule has 2 fully saturated rings. The van der Waals surface area contributed by atoms with Gasteiger partial charge in [0.1, 0.15) is 12.1 Å². The van der Waals surface area contributed by atoms with Crippen LogP contribution in [0.4, 0.5) is 5.95 Å². The number of hydrogen-bond acceptors (Lipinski definition) is 6. The van der Waals surface area contributed by atoms with Gasteiger partial charge < -0.3 is 20.4 Å². The summed E-state index contributed by atoms with van der Waals surface area (Å²) in [6.45, 7) is 7.90. The molecule has 0 bridgehead atoms. The molecule has 1 saturated heterocycles. The minimum absolute atomic E-state index is 0.0880. The highest BCUT2D eigenvalue weighted by molar-refractivity contribution is 5.79. The van der Waals surface area contributed by atoms with Crippen molar-refractivity contribution in [2.45, 2.75) is 70.9 Å². The van der Waals surface area contributed by atoms with Crippen molar-refractivity contribution in [1.29, 1.82) is 0 Å². The van der Waals surface area contributed by atoms with Gasteiger partial charge in [-0.1, -0.05) is 6.42 Å². The smallest absolute Gasteiger partial charge is 0.223 e. The van der Waals surface area contributed by atoms with Crippen LogP contribution in [0.15, 0.2) is 12.3 Å². The van der Waals surface area contributed by atoms with Crippen LogP contribution in [-0.4, -0.2) is 57.6 Å². The van der Waals surface area contributed by atoms with Crippen LogP contribution in [0.2, 0.25) is 0 Å². The fourth-order valence-corrected chi connectivity index (χ4v) is 4.92. The lowest BCUT2D eigenvalue weighted by atomic mass is 9.85. The number of piperidine rings is 1. The summed E-state index contributed by atoms with van der Waals surface area (Å²) in [5.41, 5.74) is 8.05. The van der Waals surface area contributed by atoms with Gasteiger partial charge in [-0.05, 0) is 65.5 Å². The van der Waals surface area contributed by atoms with E-state index in [1.54, 1.807) is 6.20 Å². The highest BCUT2D eigenvalue weighted by atomic mass is 16.5. The van der Waals surface area contributed by atoms with Gasteiger partial charge in [0.05, 0.1) is 11.7 Å². The van der Waals surface area contributed by atoms with Gasteiger partial charge in [0.25, 0.3) is 0 Å². The number of nitrogens with two attached hydrogens (primary N) is 1. The lowest BCUT2D eigenvalue weighted by Gasteiger charge is -2.30. The molecule has 1 aliphatic carbocycles. The quantitative estimate of drug-likeness (QED) is 0.703. The van der Waals surface area contributed by atoms with E-state index >= 15 is 0 Å². The number of pyridine rings is 1. The molecule has 1 saturated carbocycles. The summed E-state index contributed by atoms with van der Waals surface area (Å²) in [6.07, 6.45) is 9.22. The maximum Gasteiger partial charge on any atom is 0.223 e.